The summed E-state index contributed by atoms with van der Waals surface area (Å²) >= 11 is 0. The number of hydrogen-bond acceptors (Lipinski definition) is 4. The molecule has 0 aromatic heterocycles. The molecule has 0 aliphatic carbocycles. The fourth-order valence-electron chi connectivity index (χ4n) is 2.46. The minimum atomic E-state index is 0.184. The molecule has 1 fully saturated rings. The molecule has 0 bridgehead atoms. The lowest BCUT2D eigenvalue weighted by Crippen LogP contribution is -2.54. The van der Waals surface area contributed by atoms with Crippen LogP contribution in [0.15, 0.2) is 24.3 Å². The molecule has 1 aromatic carbocycles. The Kier molecular flexibility index (Phi) is 4.80. The molecule has 0 unspecified atom stereocenters. The van der Waals surface area contributed by atoms with Gasteiger partial charge in [-0.1, -0.05) is 12.1 Å². The number of hydrogen-bond donors (Lipinski definition) is 1. The van der Waals surface area contributed by atoms with E-state index in [0.29, 0.717) is 6.54 Å². The van der Waals surface area contributed by atoms with Gasteiger partial charge in [-0.2, -0.15) is 0 Å². The average Bonchev–Trinajstić information content (AvgIpc) is 2.41. The standard InChI is InChI=1S/C15H24N2O2/c1-17(10-15(9-16)11-19-12-15)7-6-13-4-3-5-14(8-13)18-2/h3-5,8H,6-7,9-12,16H2,1-2H3. The number of rotatable bonds is 7. The number of nitrogens with zero attached hydrogens (tertiary/aromatic N) is 1. The SMILES string of the molecule is COc1cccc(CCN(C)CC2(CN)COC2)c1. The largest absolute Gasteiger partial charge is 0.497 e. The lowest BCUT2D eigenvalue weighted by molar-refractivity contribution is -0.117. The number of methoxy groups -OCH3 is 1. The van der Waals surface area contributed by atoms with Crippen molar-refractivity contribution in [3.63, 3.8) is 0 Å². The van der Waals surface area contributed by atoms with E-state index in [1.54, 1.807) is 7.11 Å². The molecule has 1 aromatic rings. The molecule has 1 heterocycles. The Bertz CT molecular complexity index is 399. The quantitative estimate of drug-likeness (QED) is 0.802. The van der Waals surface area contributed by atoms with Crippen LogP contribution in [-0.2, 0) is 11.2 Å². The van der Waals surface area contributed by atoms with Crippen LogP contribution in [0.2, 0.25) is 0 Å². The van der Waals surface area contributed by atoms with Crippen molar-refractivity contribution >= 4 is 0 Å². The van der Waals surface area contributed by atoms with Gasteiger partial charge in [0.1, 0.15) is 5.75 Å². The third kappa shape index (κ3) is 3.69. The van der Waals surface area contributed by atoms with E-state index in [2.05, 4.69) is 24.1 Å². The van der Waals surface area contributed by atoms with Gasteiger partial charge in [-0.15, -0.1) is 0 Å². The molecule has 0 amide bonds. The van der Waals surface area contributed by atoms with Crippen LogP contribution < -0.4 is 10.5 Å². The molecule has 0 spiro atoms. The Morgan fingerprint density at radius 3 is 2.79 bits per heavy atom. The molecule has 1 aliphatic rings. The van der Waals surface area contributed by atoms with Gasteiger partial charge in [0.25, 0.3) is 0 Å². The molecule has 4 heteroatoms. The molecular weight excluding hydrogens is 240 g/mol. The van der Waals surface area contributed by atoms with Crippen LogP contribution in [0.4, 0.5) is 0 Å². The van der Waals surface area contributed by atoms with Gasteiger partial charge in [0.2, 0.25) is 0 Å². The molecule has 1 aliphatic heterocycles. The van der Waals surface area contributed by atoms with Gasteiger partial charge in [-0.05, 0) is 31.2 Å². The minimum Gasteiger partial charge on any atom is -0.497 e. The molecule has 106 valence electrons. The van der Waals surface area contributed by atoms with Crippen LogP contribution in [0.5, 0.6) is 5.75 Å². The van der Waals surface area contributed by atoms with E-state index in [1.165, 1.54) is 5.56 Å². The van der Waals surface area contributed by atoms with Crippen LogP contribution in [0.3, 0.4) is 0 Å². The molecule has 0 saturated carbocycles. The van der Waals surface area contributed by atoms with E-state index in [0.717, 1.165) is 38.5 Å². The third-order valence-electron chi connectivity index (χ3n) is 3.77. The highest BCUT2D eigenvalue weighted by Crippen LogP contribution is 2.26. The van der Waals surface area contributed by atoms with Gasteiger partial charge in [-0.25, -0.2) is 0 Å². The van der Waals surface area contributed by atoms with Crippen LogP contribution in [0.1, 0.15) is 5.56 Å². The Morgan fingerprint density at radius 2 is 2.21 bits per heavy atom. The Labute approximate surface area is 115 Å². The molecule has 0 atom stereocenters. The molecular formula is C15H24N2O2. The fraction of sp³-hybridized carbons (Fsp3) is 0.600. The summed E-state index contributed by atoms with van der Waals surface area (Å²) in [5.41, 5.74) is 7.33. The third-order valence-corrected chi connectivity index (χ3v) is 3.77. The summed E-state index contributed by atoms with van der Waals surface area (Å²) in [5, 5.41) is 0. The maximum atomic E-state index is 5.84. The summed E-state index contributed by atoms with van der Waals surface area (Å²) in [6.07, 6.45) is 1.02. The summed E-state index contributed by atoms with van der Waals surface area (Å²) in [7, 11) is 3.85. The lowest BCUT2D eigenvalue weighted by Gasteiger charge is -2.43. The second kappa shape index (κ2) is 6.37. The van der Waals surface area contributed by atoms with Gasteiger partial charge in [0, 0.05) is 25.0 Å². The smallest absolute Gasteiger partial charge is 0.119 e. The summed E-state index contributed by atoms with van der Waals surface area (Å²) in [4.78, 5) is 2.34. The van der Waals surface area contributed by atoms with E-state index >= 15 is 0 Å². The van der Waals surface area contributed by atoms with Crippen molar-refractivity contribution in [2.45, 2.75) is 6.42 Å². The van der Waals surface area contributed by atoms with Crippen molar-refractivity contribution < 1.29 is 9.47 Å². The van der Waals surface area contributed by atoms with Crippen molar-refractivity contribution in [3.8, 4) is 5.75 Å². The van der Waals surface area contributed by atoms with E-state index in [4.69, 9.17) is 15.2 Å². The van der Waals surface area contributed by atoms with Crippen LogP contribution in [0.25, 0.3) is 0 Å². The number of ether oxygens (including phenoxy) is 2. The molecule has 1 saturated heterocycles. The zero-order valence-electron chi connectivity index (χ0n) is 11.9. The highest BCUT2D eigenvalue weighted by atomic mass is 16.5. The van der Waals surface area contributed by atoms with Crippen molar-refractivity contribution in [2.24, 2.45) is 11.1 Å². The topological polar surface area (TPSA) is 47.7 Å². The second-order valence-corrected chi connectivity index (χ2v) is 5.54. The Balaban J connectivity index is 1.81. The first kappa shape index (κ1) is 14.3. The van der Waals surface area contributed by atoms with Crippen molar-refractivity contribution in [1.82, 2.24) is 4.90 Å². The molecule has 2 N–H and O–H groups in total. The average molecular weight is 264 g/mol. The predicted molar refractivity (Wildman–Crippen MR) is 76.5 cm³/mol. The summed E-state index contributed by atoms with van der Waals surface area (Å²) < 4.78 is 10.5. The zero-order valence-corrected chi connectivity index (χ0v) is 11.9. The van der Waals surface area contributed by atoms with E-state index in [1.807, 2.05) is 12.1 Å². The first-order valence-electron chi connectivity index (χ1n) is 6.77. The second-order valence-electron chi connectivity index (χ2n) is 5.54. The highest BCUT2D eigenvalue weighted by molar-refractivity contribution is 5.28. The Hall–Kier alpha value is -1.10. The molecule has 2 rings (SSSR count). The summed E-state index contributed by atoms with van der Waals surface area (Å²) in [5.74, 6) is 0.922. The van der Waals surface area contributed by atoms with E-state index in [-0.39, 0.29) is 5.41 Å². The van der Waals surface area contributed by atoms with E-state index < -0.39 is 0 Å². The summed E-state index contributed by atoms with van der Waals surface area (Å²) in [6, 6.07) is 8.25. The van der Waals surface area contributed by atoms with Crippen molar-refractivity contribution in [2.75, 3.05) is 47.0 Å². The molecule has 4 nitrogen and oxygen atoms in total. The van der Waals surface area contributed by atoms with Gasteiger partial charge in [-0.3, -0.25) is 0 Å². The molecule has 19 heavy (non-hydrogen) atoms. The van der Waals surface area contributed by atoms with Gasteiger partial charge >= 0.3 is 0 Å². The van der Waals surface area contributed by atoms with Crippen molar-refractivity contribution in [1.29, 1.82) is 0 Å². The summed E-state index contributed by atoms with van der Waals surface area (Å²) in [6.45, 7) is 4.33. The maximum Gasteiger partial charge on any atom is 0.119 e. The van der Waals surface area contributed by atoms with Crippen LogP contribution in [-0.4, -0.2) is 51.9 Å². The lowest BCUT2D eigenvalue weighted by atomic mass is 9.85. The van der Waals surface area contributed by atoms with Crippen molar-refractivity contribution in [3.05, 3.63) is 29.8 Å². The normalized spacial score (nSPS) is 17.3. The highest BCUT2D eigenvalue weighted by Gasteiger charge is 2.37. The zero-order chi connectivity index (χ0) is 13.7. The van der Waals surface area contributed by atoms with Crippen LogP contribution >= 0.6 is 0 Å². The molecule has 0 radical (unpaired) electrons. The minimum absolute atomic E-state index is 0.184. The predicted octanol–water partition coefficient (Wildman–Crippen LogP) is 1.14. The van der Waals surface area contributed by atoms with Gasteiger partial charge in [0.15, 0.2) is 0 Å². The van der Waals surface area contributed by atoms with Gasteiger partial charge in [0.05, 0.1) is 20.3 Å². The van der Waals surface area contributed by atoms with Gasteiger partial charge < -0.3 is 20.1 Å². The first-order chi connectivity index (χ1) is 9.17. The first-order valence-corrected chi connectivity index (χ1v) is 6.77. The number of nitrogens with two attached hydrogens (primary N) is 1. The fourth-order valence-corrected chi connectivity index (χ4v) is 2.46. The van der Waals surface area contributed by atoms with Crippen LogP contribution in [0, 0.1) is 5.41 Å². The number of likely N-dealkylation sites (N-methyl/N-ethyl adjacent to an activating group) is 1. The monoisotopic (exact) mass is 264 g/mol. The Morgan fingerprint density at radius 1 is 1.42 bits per heavy atom. The number of benzene rings is 1. The maximum absolute atomic E-state index is 5.84. The van der Waals surface area contributed by atoms with E-state index in [9.17, 15) is 0 Å².